The van der Waals surface area contributed by atoms with Crippen LogP contribution in [-0.2, 0) is 13.1 Å². The van der Waals surface area contributed by atoms with E-state index in [1.54, 1.807) is 18.3 Å². The van der Waals surface area contributed by atoms with Crippen LogP contribution in [0.3, 0.4) is 0 Å². The summed E-state index contributed by atoms with van der Waals surface area (Å²) < 4.78 is 12.4. The molecule has 0 amide bonds. The average molecular weight is 285 g/mol. The van der Waals surface area contributed by atoms with E-state index in [1.165, 1.54) is 17.4 Å². The molecule has 4 rings (SSSR count). The molecule has 0 saturated heterocycles. The Kier molecular flexibility index (Phi) is 2.89. The van der Waals surface area contributed by atoms with Gasteiger partial charge in [0.25, 0.3) is 0 Å². The van der Waals surface area contributed by atoms with Crippen molar-refractivity contribution in [2.24, 2.45) is 0 Å². The van der Waals surface area contributed by atoms with Crippen LogP contribution >= 0.6 is 0 Å². The zero-order chi connectivity index (χ0) is 14.2. The number of rotatable bonds is 5. The van der Waals surface area contributed by atoms with Crippen molar-refractivity contribution < 1.29 is 8.83 Å². The largest absolute Gasteiger partial charge is 0.463 e. The second-order valence-corrected chi connectivity index (χ2v) is 5.30. The van der Waals surface area contributed by atoms with Gasteiger partial charge in [0.15, 0.2) is 11.2 Å². The molecule has 0 unspecified atom stereocenters. The molecule has 0 bridgehead atoms. The first kappa shape index (κ1) is 12.4. The van der Waals surface area contributed by atoms with Crippen LogP contribution in [0.2, 0.25) is 0 Å². The SMILES string of the molecule is O=c1oc2cccnc2n1Cc1ccc(CNC2CC2)o1. The Morgan fingerprint density at radius 1 is 1.24 bits per heavy atom. The fraction of sp³-hybridized carbons (Fsp3) is 0.333. The summed E-state index contributed by atoms with van der Waals surface area (Å²) in [6.45, 7) is 1.05. The molecule has 0 spiro atoms. The van der Waals surface area contributed by atoms with Gasteiger partial charge < -0.3 is 14.2 Å². The zero-order valence-corrected chi connectivity index (χ0v) is 11.4. The number of hydrogen-bond acceptors (Lipinski definition) is 5. The van der Waals surface area contributed by atoms with Gasteiger partial charge in [0, 0.05) is 12.2 Å². The Hall–Kier alpha value is -2.34. The molecule has 3 aromatic heterocycles. The molecule has 108 valence electrons. The lowest BCUT2D eigenvalue weighted by atomic mass is 10.4. The summed E-state index contributed by atoms with van der Waals surface area (Å²) in [5, 5.41) is 3.39. The van der Waals surface area contributed by atoms with Gasteiger partial charge in [0.2, 0.25) is 0 Å². The van der Waals surface area contributed by atoms with Crippen molar-refractivity contribution in [3.05, 3.63) is 52.5 Å². The van der Waals surface area contributed by atoms with Gasteiger partial charge in [-0.05, 0) is 37.1 Å². The van der Waals surface area contributed by atoms with Gasteiger partial charge in [-0.25, -0.2) is 9.78 Å². The van der Waals surface area contributed by atoms with Gasteiger partial charge in [-0.15, -0.1) is 0 Å². The molecular formula is C15H15N3O3. The summed E-state index contributed by atoms with van der Waals surface area (Å²) in [7, 11) is 0. The monoisotopic (exact) mass is 285 g/mol. The smallest absolute Gasteiger partial charge is 0.421 e. The molecule has 1 aliphatic rings. The number of hydrogen-bond donors (Lipinski definition) is 1. The molecule has 1 aliphatic carbocycles. The van der Waals surface area contributed by atoms with Crippen molar-refractivity contribution in [2.45, 2.75) is 32.0 Å². The Morgan fingerprint density at radius 2 is 2.10 bits per heavy atom. The summed E-state index contributed by atoms with van der Waals surface area (Å²) in [6, 6.07) is 7.93. The Balaban J connectivity index is 1.56. The van der Waals surface area contributed by atoms with E-state index in [-0.39, 0.29) is 0 Å². The first-order valence-electron chi connectivity index (χ1n) is 7.05. The van der Waals surface area contributed by atoms with E-state index in [2.05, 4.69) is 10.3 Å². The minimum Gasteiger partial charge on any atom is -0.463 e. The van der Waals surface area contributed by atoms with Crippen molar-refractivity contribution in [3.63, 3.8) is 0 Å². The molecule has 3 aromatic rings. The highest BCUT2D eigenvalue weighted by molar-refractivity contribution is 5.67. The van der Waals surface area contributed by atoms with Gasteiger partial charge in [-0.2, -0.15) is 0 Å². The van der Waals surface area contributed by atoms with Crippen LogP contribution in [0.25, 0.3) is 11.2 Å². The standard InChI is InChI=1S/C15H15N3O3/c19-15-18(14-13(21-15)2-1-7-16-14)9-12-6-5-11(20-12)8-17-10-3-4-10/h1-2,5-7,10,17H,3-4,8-9H2. The first-order chi connectivity index (χ1) is 10.3. The number of fused-ring (bicyclic) bond motifs is 1. The molecule has 1 fully saturated rings. The van der Waals surface area contributed by atoms with Crippen molar-refractivity contribution >= 4 is 11.2 Å². The minimum absolute atomic E-state index is 0.326. The van der Waals surface area contributed by atoms with E-state index in [9.17, 15) is 4.79 Å². The van der Waals surface area contributed by atoms with Gasteiger partial charge in [-0.1, -0.05) is 0 Å². The molecule has 0 radical (unpaired) electrons. The molecule has 0 aliphatic heterocycles. The maximum atomic E-state index is 11.9. The van der Waals surface area contributed by atoms with Crippen LogP contribution in [0.5, 0.6) is 0 Å². The van der Waals surface area contributed by atoms with E-state index in [1.807, 2.05) is 12.1 Å². The highest BCUT2D eigenvalue weighted by atomic mass is 16.4. The molecule has 6 nitrogen and oxygen atoms in total. The maximum absolute atomic E-state index is 11.9. The summed E-state index contributed by atoms with van der Waals surface area (Å²) in [5.41, 5.74) is 1.03. The summed E-state index contributed by atoms with van der Waals surface area (Å²) in [5.74, 6) is 1.18. The van der Waals surface area contributed by atoms with Crippen LogP contribution in [-0.4, -0.2) is 15.6 Å². The molecule has 21 heavy (non-hydrogen) atoms. The lowest BCUT2D eigenvalue weighted by molar-refractivity contribution is 0.427. The Morgan fingerprint density at radius 3 is 2.95 bits per heavy atom. The second-order valence-electron chi connectivity index (χ2n) is 5.30. The van der Waals surface area contributed by atoms with E-state index < -0.39 is 5.76 Å². The normalized spacial score (nSPS) is 14.9. The lowest BCUT2D eigenvalue weighted by Crippen LogP contribution is -2.15. The topological polar surface area (TPSA) is 73.2 Å². The average Bonchev–Trinajstić information content (AvgIpc) is 3.13. The minimum atomic E-state index is -0.419. The van der Waals surface area contributed by atoms with Crippen LogP contribution in [0, 0.1) is 0 Å². The Labute approximate surface area is 120 Å². The molecule has 0 aromatic carbocycles. The van der Waals surface area contributed by atoms with Crippen LogP contribution in [0.4, 0.5) is 0 Å². The Bertz CT molecular complexity index is 826. The quantitative estimate of drug-likeness (QED) is 0.775. The molecular weight excluding hydrogens is 270 g/mol. The van der Waals surface area contributed by atoms with E-state index >= 15 is 0 Å². The summed E-state index contributed by atoms with van der Waals surface area (Å²) >= 11 is 0. The third-order valence-corrected chi connectivity index (χ3v) is 3.60. The molecule has 1 saturated carbocycles. The van der Waals surface area contributed by atoms with E-state index in [0.29, 0.717) is 23.8 Å². The maximum Gasteiger partial charge on any atom is 0.421 e. The van der Waals surface area contributed by atoms with Crippen LogP contribution < -0.4 is 11.1 Å². The van der Waals surface area contributed by atoms with Gasteiger partial charge in [0.1, 0.15) is 11.5 Å². The predicted molar refractivity (Wildman–Crippen MR) is 75.9 cm³/mol. The van der Waals surface area contributed by atoms with Gasteiger partial charge in [0.05, 0.1) is 13.1 Å². The number of oxazole rings is 1. The van der Waals surface area contributed by atoms with Crippen molar-refractivity contribution in [3.8, 4) is 0 Å². The number of aromatic nitrogens is 2. The first-order valence-corrected chi connectivity index (χ1v) is 7.05. The highest BCUT2D eigenvalue weighted by Crippen LogP contribution is 2.20. The molecule has 3 heterocycles. The number of furan rings is 1. The summed E-state index contributed by atoms with van der Waals surface area (Å²) in [4.78, 5) is 16.1. The second kappa shape index (κ2) is 4.89. The van der Waals surface area contributed by atoms with Crippen LogP contribution in [0.15, 0.2) is 44.1 Å². The summed E-state index contributed by atoms with van der Waals surface area (Å²) in [6.07, 6.45) is 4.13. The lowest BCUT2D eigenvalue weighted by Gasteiger charge is -2.00. The van der Waals surface area contributed by atoms with Crippen molar-refractivity contribution in [1.82, 2.24) is 14.9 Å². The van der Waals surface area contributed by atoms with E-state index in [4.69, 9.17) is 8.83 Å². The van der Waals surface area contributed by atoms with E-state index in [0.717, 1.165) is 18.1 Å². The number of nitrogens with zero attached hydrogens (tertiary/aromatic N) is 2. The van der Waals surface area contributed by atoms with Crippen molar-refractivity contribution in [1.29, 1.82) is 0 Å². The zero-order valence-electron chi connectivity index (χ0n) is 11.4. The third-order valence-electron chi connectivity index (χ3n) is 3.60. The number of nitrogens with one attached hydrogen (secondary N) is 1. The van der Waals surface area contributed by atoms with Crippen molar-refractivity contribution in [2.75, 3.05) is 0 Å². The fourth-order valence-electron chi connectivity index (χ4n) is 2.33. The van der Waals surface area contributed by atoms with Gasteiger partial charge >= 0.3 is 5.76 Å². The highest BCUT2D eigenvalue weighted by Gasteiger charge is 2.20. The fourth-order valence-corrected chi connectivity index (χ4v) is 2.33. The van der Waals surface area contributed by atoms with Crippen LogP contribution in [0.1, 0.15) is 24.4 Å². The molecule has 0 atom stereocenters. The van der Waals surface area contributed by atoms with Gasteiger partial charge in [-0.3, -0.25) is 4.57 Å². The predicted octanol–water partition coefficient (Wildman–Crippen LogP) is 1.88. The molecule has 6 heteroatoms. The number of pyridine rings is 1. The third kappa shape index (κ3) is 2.50. The molecule has 1 N–H and O–H groups in total.